The van der Waals surface area contributed by atoms with E-state index >= 15 is 0 Å². The van der Waals surface area contributed by atoms with Crippen LogP contribution in [0.15, 0.2) is 121 Å². The first-order valence-corrected chi connectivity index (χ1v) is 20.5. The number of rotatable bonds is 15. The molecule has 0 aliphatic carbocycles. The van der Waals surface area contributed by atoms with Crippen LogP contribution in [0.3, 0.4) is 0 Å². The molecule has 276 valence electrons. The van der Waals surface area contributed by atoms with Crippen molar-refractivity contribution in [1.82, 2.24) is 0 Å². The van der Waals surface area contributed by atoms with Crippen molar-refractivity contribution < 1.29 is 22.3 Å². The summed E-state index contributed by atoms with van der Waals surface area (Å²) in [5.74, 6) is -0.0877. The summed E-state index contributed by atoms with van der Waals surface area (Å²) in [6.07, 6.45) is 19.3. The lowest BCUT2D eigenvalue weighted by Gasteiger charge is -2.27. The molecule has 0 bridgehead atoms. The van der Waals surface area contributed by atoms with Crippen LogP contribution in [0.2, 0.25) is 0 Å². The van der Waals surface area contributed by atoms with Crippen LogP contribution in [-0.2, 0) is 25.7 Å². The van der Waals surface area contributed by atoms with Gasteiger partial charge in [0.1, 0.15) is 12.3 Å². The SMILES string of the molecule is CC(=O)CCCCCN1\C(=C/C=C/C=C/C=C/C2=[N+](CCCCS(=O)(=O)[O-])c3ccc4ccccc4c3C2(C)C)C(C)(C)c2c1ccc1ccccc21. The van der Waals surface area contributed by atoms with Crippen molar-refractivity contribution in [3.63, 3.8) is 0 Å². The zero-order valence-electron chi connectivity index (χ0n) is 31.8. The maximum absolute atomic E-state index is 11.5. The molecule has 0 radical (unpaired) electrons. The Labute approximate surface area is 315 Å². The highest BCUT2D eigenvalue weighted by Gasteiger charge is 2.45. The van der Waals surface area contributed by atoms with Crippen molar-refractivity contribution in [2.45, 2.75) is 84.0 Å². The topological polar surface area (TPSA) is 80.5 Å². The minimum absolute atomic E-state index is 0.186. The van der Waals surface area contributed by atoms with Crippen molar-refractivity contribution in [2.24, 2.45) is 0 Å². The number of fused-ring (bicyclic) bond motifs is 6. The molecular formula is C46H52N2O4S. The van der Waals surface area contributed by atoms with Crippen molar-refractivity contribution in [1.29, 1.82) is 0 Å². The van der Waals surface area contributed by atoms with E-state index in [2.05, 4.69) is 152 Å². The van der Waals surface area contributed by atoms with Crippen LogP contribution in [-0.4, -0.2) is 47.9 Å². The summed E-state index contributed by atoms with van der Waals surface area (Å²) >= 11 is 0. The van der Waals surface area contributed by atoms with E-state index in [0.717, 1.165) is 37.2 Å². The van der Waals surface area contributed by atoms with E-state index in [1.165, 1.54) is 44.1 Å². The third-order valence-electron chi connectivity index (χ3n) is 10.9. The number of hydrogen-bond acceptors (Lipinski definition) is 5. The van der Waals surface area contributed by atoms with E-state index in [4.69, 9.17) is 0 Å². The fourth-order valence-corrected chi connectivity index (χ4v) is 8.97. The van der Waals surface area contributed by atoms with E-state index in [0.29, 0.717) is 25.8 Å². The Morgan fingerprint density at radius 3 is 2.08 bits per heavy atom. The molecule has 6 nitrogen and oxygen atoms in total. The van der Waals surface area contributed by atoms with Crippen molar-refractivity contribution >= 4 is 54.5 Å². The molecule has 0 fully saturated rings. The maximum Gasteiger partial charge on any atom is 0.210 e. The molecule has 2 aliphatic rings. The molecule has 6 rings (SSSR count). The summed E-state index contributed by atoms with van der Waals surface area (Å²) in [5.41, 5.74) is 6.96. The van der Waals surface area contributed by atoms with E-state index < -0.39 is 10.1 Å². The van der Waals surface area contributed by atoms with Gasteiger partial charge >= 0.3 is 0 Å². The second-order valence-electron chi connectivity index (χ2n) is 15.5. The first-order chi connectivity index (χ1) is 25.3. The quantitative estimate of drug-likeness (QED) is 0.0527. The van der Waals surface area contributed by atoms with Crippen molar-refractivity contribution in [3.8, 4) is 0 Å². The molecule has 0 amide bonds. The second kappa shape index (κ2) is 15.8. The average Bonchev–Trinajstić information content (AvgIpc) is 3.47. The van der Waals surface area contributed by atoms with Gasteiger partial charge in [-0.2, -0.15) is 4.58 Å². The Kier molecular flexibility index (Phi) is 11.4. The lowest BCUT2D eigenvalue weighted by atomic mass is 9.79. The van der Waals surface area contributed by atoms with E-state index in [1.807, 2.05) is 0 Å². The summed E-state index contributed by atoms with van der Waals surface area (Å²) in [7, 11) is -4.24. The van der Waals surface area contributed by atoms with Gasteiger partial charge in [0.05, 0.1) is 15.5 Å². The standard InChI is InChI=1S/C46H52N2O4S/c1-34(49)20-10-9-17-31-47-39-29-27-35-21-13-15-23-37(35)43(39)45(2,3)41(47)25-11-7-6-8-12-26-42-46(4,5)44-38-24-16-14-22-36(38)28-30-40(44)48(42)32-18-19-33-53(50,51)52/h6-8,11-16,21-30H,9-10,17-20,31-33H2,1-5H3. The number of Topliss-reactive ketones (excluding diaryl/α,β-unsaturated/α-hetero) is 1. The van der Waals surface area contributed by atoms with Crippen LogP contribution in [0.25, 0.3) is 21.5 Å². The summed E-state index contributed by atoms with van der Waals surface area (Å²) in [5, 5.41) is 4.95. The second-order valence-corrected chi connectivity index (χ2v) is 17.0. The molecule has 53 heavy (non-hydrogen) atoms. The smallest absolute Gasteiger partial charge is 0.210 e. The minimum Gasteiger partial charge on any atom is -0.748 e. The van der Waals surface area contributed by atoms with Gasteiger partial charge in [-0.05, 0) is 85.4 Å². The van der Waals surface area contributed by atoms with E-state index in [1.54, 1.807) is 6.92 Å². The highest BCUT2D eigenvalue weighted by atomic mass is 32.2. The van der Waals surface area contributed by atoms with Gasteiger partial charge in [0.2, 0.25) is 5.69 Å². The lowest BCUT2D eigenvalue weighted by Crippen LogP contribution is -2.28. The zero-order valence-corrected chi connectivity index (χ0v) is 32.6. The van der Waals surface area contributed by atoms with Gasteiger partial charge in [0.25, 0.3) is 0 Å². The third kappa shape index (κ3) is 8.17. The zero-order chi connectivity index (χ0) is 37.8. The van der Waals surface area contributed by atoms with Gasteiger partial charge in [-0.3, -0.25) is 0 Å². The van der Waals surface area contributed by atoms with Gasteiger partial charge in [0, 0.05) is 59.6 Å². The molecule has 2 aliphatic heterocycles. The first kappa shape index (κ1) is 38.1. The predicted octanol–water partition coefficient (Wildman–Crippen LogP) is 10.2. The van der Waals surface area contributed by atoms with E-state index in [-0.39, 0.29) is 22.4 Å². The van der Waals surface area contributed by atoms with Gasteiger partial charge in [-0.15, -0.1) is 0 Å². The van der Waals surface area contributed by atoms with Crippen LogP contribution in [0.5, 0.6) is 0 Å². The summed E-state index contributed by atoms with van der Waals surface area (Å²) < 4.78 is 36.1. The van der Waals surface area contributed by atoms with Crippen LogP contribution in [0.4, 0.5) is 11.4 Å². The highest BCUT2D eigenvalue weighted by Crippen LogP contribution is 2.51. The number of carbonyl (C=O) groups is 1. The number of carbonyl (C=O) groups excluding carboxylic acids is 1. The average molecular weight is 729 g/mol. The molecule has 7 heteroatoms. The van der Waals surface area contributed by atoms with Crippen LogP contribution in [0.1, 0.15) is 84.3 Å². The molecule has 0 saturated carbocycles. The third-order valence-corrected chi connectivity index (χ3v) is 11.7. The van der Waals surface area contributed by atoms with Crippen molar-refractivity contribution in [2.75, 3.05) is 23.7 Å². The van der Waals surface area contributed by atoms with Gasteiger partial charge < -0.3 is 14.2 Å². The van der Waals surface area contributed by atoms with Gasteiger partial charge in [-0.25, -0.2) is 8.42 Å². The number of unbranched alkanes of at least 4 members (excludes halogenated alkanes) is 3. The number of benzene rings is 4. The van der Waals surface area contributed by atoms with Crippen LogP contribution in [0, 0.1) is 0 Å². The maximum atomic E-state index is 11.5. The van der Waals surface area contributed by atoms with Gasteiger partial charge in [0.15, 0.2) is 5.71 Å². The van der Waals surface area contributed by atoms with Gasteiger partial charge in [-0.1, -0.05) is 105 Å². The Balaban J connectivity index is 1.24. The number of nitrogens with zero attached hydrogens (tertiary/aromatic N) is 2. The van der Waals surface area contributed by atoms with Crippen LogP contribution < -0.4 is 4.90 Å². The van der Waals surface area contributed by atoms with Crippen LogP contribution >= 0.6 is 0 Å². The molecule has 2 heterocycles. The molecule has 0 saturated heterocycles. The molecule has 4 aromatic carbocycles. The lowest BCUT2D eigenvalue weighted by molar-refractivity contribution is -0.438. The number of allylic oxidation sites excluding steroid dienone is 8. The molecule has 4 aromatic rings. The fourth-order valence-electron chi connectivity index (χ4n) is 8.41. The fraction of sp³-hybridized carbons (Fsp3) is 0.348. The monoisotopic (exact) mass is 728 g/mol. The highest BCUT2D eigenvalue weighted by molar-refractivity contribution is 7.85. The summed E-state index contributed by atoms with van der Waals surface area (Å²) in [6, 6.07) is 25.9. The Morgan fingerprint density at radius 1 is 0.736 bits per heavy atom. The first-order valence-electron chi connectivity index (χ1n) is 18.9. The number of ketones is 1. The predicted molar refractivity (Wildman–Crippen MR) is 220 cm³/mol. The number of anilines is 1. The summed E-state index contributed by atoms with van der Waals surface area (Å²) in [4.78, 5) is 14.0. The van der Waals surface area contributed by atoms with E-state index in [9.17, 15) is 17.8 Å². The molecular weight excluding hydrogens is 677 g/mol. The molecule has 0 N–H and O–H groups in total. The Bertz CT molecular complexity index is 2290. The molecule has 0 unspecified atom stereocenters. The normalized spacial score (nSPS) is 17.4. The number of hydrogen-bond donors (Lipinski definition) is 0. The summed E-state index contributed by atoms with van der Waals surface area (Å²) in [6.45, 7) is 12.3. The minimum atomic E-state index is -4.24. The Hall–Kier alpha value is -4.59. The largest absolute Gasteiger partial charge is 0.748 e. The molecule has 0 spiro atoms. The molecule has 0 aromatic heterocycles. The molecule has 0 atom stereocenters. The van der Waals surface area contributed by atoms with Crippen molar-refractivity contribution in [3.05, 3.63) is 132 Å². The Morgan fingerprint density at radius 2 is 1.38 bits per heavy atom.